The summed E-state index contributed by atoms with van der Waals surface area (Å²) in [4.78, 5) is 0. The summed E-state index contributed by atoms with van der Waals surface area (Å²) < 4.78 is 6.66. The molecule has 96 valence electrons. The van der Waals surface area contributed by atoms with Gasteiger partial charge in [0, 0.05) is 9.50 Å². The van der Waals surface area contributed by atoms with Gasteiger partial charge in [-0.25, -0.2) is 0 Å². The van der Waals surface area contributed by atoms with Crippen LogP contribution in [0.4, 0.5) is 0 Å². The molecule has 0 aliphatic carbocycles. The zero-order valence-electron chi connectivity index (χ0n) is 10.5. The second kappa shape index (κ2) is 7.37. The predicted molar refractivity (Wildman–Crippen MR) is 76.7 cm³/mol. The summed E-state index contributed by atoms with van der Waals surface area (Å²) in [6, 6.07) is 6.09. The molecule has 17 heavy (non-hydrogen) atoms. The molecule has 0 bridgehead atoms. The Morgan fingerprint density at radius 3 is 2.65 bits per heavy atom. The van der Waals surface area contributed by atoms with E-state index < -0.39 is 0 Å². The Bertz CT molecular complexity index is 357. The van der Waals surface area contributed by atoms with Crippen molar-refractivity contribution in [2.75, 3.05) is 13.2 Å². The fourth-order valence-electron chi connectivity index (χ4n) is 1.58. The van der Waals surface area contributed by atoms with Gasteiger partial charge in [0.15, 0.2) is 0 Å². The lowest BCUT2D eigenvalue weighted by Gasteiger charge is -2.21. The van der Waals surface area contributed by atoms with Gasteiger partial charge in [-0.1, -0.05) is 40.5 Å². The van der Waals surface area contributed by atoms with Crippen LogP contribution in [-0.4, -0.2) is 19.3 Å². The topological polar surface area (TPSA) is 21.3 Å². The van der Waals surface area contributed by atoms with Gasteiger partial charge < -0.3 is 10.1 Å². The van der Waals surface area contributed by atoms with Crippen LogP contribution in [0.15, 0.2) is 22.7 Å². The van der Waals surface area contributed by atoms with Crippen LogP contribution >= 0.6 is 27.5 Å². The van der Waals surface area contributed by atoms with Crippen molar-refractivity contribution >= 4 is 27.5 Å². The maximum Gasteiger partial charge on any atom is 0.0665 e. The normalized spacial score (nSPS) is 13.1. The number of halogens is 2. The van der Waals surface area contributed by atoms with E-state index >= 15 is 0 Å². The molecule has 1 unspecified atom stereocenters. The number of hydrogen-bond donors (Lipinski definition) is 1. The molecule has 4 heteroatoms. The minimum absolute atomic E-state index is 0.142. The summed E-state index contributed by atoms with van der Waals surface area (Å²) >= 11 is 9.66. The number of nitrogens with one attached hydrogen (secondary N) is 1. The van der Waals surface area contributed by atoms with Crippen molar-refractivity contribution in [3.63, 3.8) is 0 Å². The van der Waals surface area contributed by atoms with Crippen LogP contribution in [0.25, 0.3) is 0 Å². The summed E-state index contributed by atoms with van der Waals surface area (Å²) in [5, 5.41) is 4.15. The first-order valence-corrected chi connectivity index (χ1v) is 7.01. The summed E-state index contributed by atoms with van der Waals surface area (Å²) in [5.74, 6) is 0. The lowest BCUT2D eigenvalue weighted by atomic mass is 10.1. The molecule has 2 nitrogen and oxygen atoms in total. The van der Waals surface area contributed by atoms with Crippen LogP contribution < -0.4 is 5.32 Å². The van der Waals surface area contributed by atoms with E-state index in [9.17, 15) is 0 Å². The van der Waals surface area contributed by atoms with Gasteiger partial charge in [-0.3, -0.25) is 0 Å². The predicted octanol–water partition coefficient (Wildman–Crippen LogP) is 4.18. The van der Waals surface area contributed by atoms with E-state index in [1.54, 1.807) is 0 Å². The lowest BCUT2D eigenvalue weighted by Crippen LogP contribution is -2.26. The van der Waals surface area contributed by atoms with Crippen molar-refractivity contribution < 1.29 is 4.74 Å². The molecular formula is C13H19BrClNO. The van der Waals surface area contributed by atoms with Crippen molar-refractivity contribution in [1.29, 1.82) is 0 Å². The average molecular weight is 321 g/mol. The van der Waals surface area contributed by atoms with Crippen molar-refractivity contribution in [2.24, 2.45) is 0 Å². The molecule has 0 heterocycles. The van der Waals surface area contributed by atoms with Crippen molar-refractivity contribution in [3.05, 3.63) is 33.3 Å². The van der Waals surface area contributed by atoms with Crippen LogP contribution in [0.5, 0.6) is 0 Å². The Kier molecular flexibility index (Phi) is 6.49. The van der Waals surface area contributed by atoms with Gasteiger partial charge in [0.1, 0.15) is 0 Å². The fourth-order valence-corrected chi connectivity index (χ4v) is 2.38. The first-order valence-electron chi connectivity index (χ1n) is 5.84. The second-order valence-electron chi connectivity index (χ2n) is 4.16. The largest absolute Gasteiger partial charge is 0.377 e. The molecule has 0 aromatic heterocycles. The Hall–Kier alpha value is -0.0900. The van der Waals surface area contributed by atoms with Gasteiger partial charge in [0.2, 0.25) is 0 Å². The van der Waals surface area contributed by atoms with E-state index in [4.69, 9.17) is 16.3 Å². The third-order valence-corrected chi connectivity index (χ3v) is 3.21. The summed E-state index contributed by atoms with van der Waals surface area (Å²) in [6.07, 6.45) is 0.227. The molecule has 0 aliphatic rings. The highest BCUT2D eigenvalue weighted by Crippen LogP contribution is 2.26. The summed E-state index contributed by atoms with van der Waals surface area (Å²) in [5.41, 5.74) is 1.08. The van der Waals surface area contributed by atoms with Crippen molar-refractivity contribution in [3.8, 4) is 0 Å². The first-order chi connectivity index (χ1) is 8.04. The van der Waals surface area contributed by atoms with E-state index in [1.807, 2.05) is 32.0 Å². The Morgan fingerprint density at radius 1 is 1.41 bits per heavy atom. The van der Waals surface area contributed by atoms with Gasteiger partial charge in [-0.2, -0.15) is 0 Å². The highest BCUT2D eigenvalue weighted by Gasteiger charge is 2.14. The maximum absolute atomic E-state index is 6.25. The Morgan fingerprint density at radius 2 is 2.12 bits per heavy atom. The summed E-state index contributed by atoms with van der Waals surface area (Å²) in [7, 11) is 0. The third kappa shape index (κ3) is 4.96. The number of rotatable bonds is 6. The highest BCUT2D eigenvalue weighted by atomic mass is 79.9. The van der Waals surface area contributed by atoms with Gasteiger partial charge >= 0.3 is 0 Å². The SMILES string of the molecule is CCNC(COC(C)C)c1ccc(Br)cc1Cl. The molecule has 0 aliphatic heterocycles. The zero-order chi connectivity index (χ0) is 12.8. The number of benzene rings is 1. The van der Waals surface area contributed by atoms with Crippen LogP contribution in [0.2, 0.25) is 5.02 Å². The highest BCUT2D eigenvalue weighted by molar-refractivity contribution is 9.10. The second-order valence-corrected chi connectivity index (χ2v) is 5.48. The zero-order valence-corrected chi connectivity index (χ0v) is 12.8. The average Bonchev–Trinajstić information content (AvgIpc) is 2.24. The van der Waals surface area contributed by atoms with Gasteiger partial charge in [-0.05, 0) is 38.1 Å². The number of ether oxygens (including phenoxy) is 1. The Balaban J connectivity index is 2.81. The number of hydrogen-bond acceptors (Lipinski definition) is 2. The van der Waals surface area contributed by atoms with E-state index in [2.05, 4.69) is 28.2 Å². The fraction of sp³-hybridized carbons (Fsp3) is 0.538. The first kappa shape index (κ1) is 15.0. The minimum Gasteiger partial charge on any atom is -0.377 e. The summed E-state index contributed by atoms with van der Waals surface area (Å²) in [6.45, 7) is 7.67. The van der Waals surface area contributed by atoms with E-state index in [0.717, 1.165) is 21.6 Å². The molecule has 0 fully saturated rings. The van der Waals surface area contributed by atoms with Crippen molar-refractivity contribution in [1.82, 2.24) is 5.32 Å². The van der Waals surface area contributed by atoms with Crippen molar-refractivity contribution in [2.45, 2.75) is 32.9 Å². The third-order valence-electron chi connectivity index (χ3n) is 2.38. The van der Waals surface area contributed by atoms with Crippen LogP contribution in [0.3, 0.4) is 0 Å². The van der Waals surface area contributed by atoms with Gasteiger partial charge in [0.25, 0.3) is 0 Å². The molecule has 0 spiro atoms. The number of likely N-dealkylation sites (N-methyl/N-ethyl adjacent to an activating group) is 1. The minimum atomic E-state index is 0.142. The van der Waals surface area contributed by atoms with Crippen LogP contribution in [0.1, 0.15) is 32.4 Å². The molecule has 0 amide bonds. The lowest BCUT2D eigenvalue weighted by molar-refractivity contribution is 0.0614. The van der Waals surface area contributed by atoms with Crippen LogP contribution in [-0.2, 0) is 4.74 Å². The van der Waals surface area contributed by atoms with E-state index in [-0.39, 0.29) is 12.1 Å². The van der Waals surface area contributed by atoms with Gasteiger partial charge in [0.05, 0.1) is 18.8 Å². The molecule has 0 saturated heterocycles. The quantitative estimate of drug-likeness (QED) is 0.849. The van der Waals surface area contributed by atoms with Gasteiger partial charge in [-0.15, -0.1) is 0 Å². The Labute approximate surface area is 117 Å². The smallest absolute Gasteiger partial charge is 0.0665 e. The molecule has 1 atom stereocenters. The van der Waals surface area contributed by atoms with E-state index in [1.165, 1.54) is 0 Å². The molecule has 1 rings (SSSR count). The van der Waals surface area contributed by atoms with Crippen LogP contribution in [0, 0.1) is 0 Å². The standard InChI is InChI=1S/C13H19BrClNO/c1-4-16-13(8-17-9(2)3)11-6-5-10(14)7-12(11)15/h5-7,9,13,16H,4,8H2,1-3H3. The molecule has 1 N–H and O–H groups in total. The maximum atomic E-state index is 6.25. The monoisotopic (exact) mass is 319 g/mol. The molecule has 0 radical (unpaired) electrons. The molecule has 0 saturated carbocycles. The molecule has 1 aromatic rings. The molecular weight excluding hydrogens is 302 g/mol. The van der Waals surface area contributed by atoms with E-state index in [0.29, 0.717) is 6.61 Å². The molecule has 1 aromatic carbocycles.